The molecule has 5 nitrogen and oxygen atoms in total. The van der Waals surface area contributed by atoms with E-state index in [4.69, 9.17) is 4.74 Å². The Bertz CT molecular complexity index is 995. The molecule has 1 saturated carbocycles. The Morgan fingerprint density at radius 1 is 1.06 bits per heavy atom. The van der Waals surface area contributed by atoms with Gasteiger partial charge in [0.25, 0.3) is 0 Å². The molecule has 1 N–H and O–H groups in total. The van der Waals surface area contributed by atoms with Crippen LogP contribution >= 0.6 is 0 Å². The summed E-state index contributed by atoms with van der Waals surface area (Å²) >= 11 is 0. The molecule has 1 aliphatic rings. The quantitative estimate of drug-likeness (QED) is 0.564. The van der Waals surface area contributed by atoms with Gasteiger partial charge in [-0.15, -0.1) is 10.2 Å². The van der Waals surface area contributed by atoms with Crippen LogP contribution in [-0.2, 0) is 24.1 Å². The van der Waals surface area contributed by atoms with Crippen molar-refractivity contribution in [3.8, 4) is 0 Å². The van der Waals surface area contributed by atoms with Gasteiger partial charge in [-0.05, 0) is 55.7 Å². The third-order valence-corrected chi connectivity index (χ3v) is 6.03. The maximum absolute atomic E-state index is 13.9. The van der Waals surface area contributed by atoms with Crippen LogP contribution in [0.15, 0.2) is 42.6 Å². The fraction of sp³-hybridized carbons (Fsp3) is 0.478. The average Bonchev–Trinajstić information content (AvgIpc) is 3.18. The van der Waals surface area contributed by atoms with Gasteiger partial charge in [0.15, 0.2) is 11.5 Å². The minimum absolute atomic E-state index is 0.122. The fourth-order valence-corrected chi connectivity index (χ4v) is 4.40. The summed E-state index contributed by atoms with van der Waals surface area (Å²) in [4.78, 5) is 0. The Kier molecular flexibility index (Phi) is 6.57. The Morgan fingerprint density at radius 3 is 2.48 bits per heavy atom. The maximum Gasteiger partial charge on any atom is 0.420 e. The molecular weight excluding hydrogens is 405 g/mol. The van der Waals surface area contributed by atoms with Crippen LogP contribution in [0.3, 0.4) is 0 Å². The third-order valence-electron chi connectivity index (χ3n) is 6.03. The third kappa shape index (κ3) is 4.91. The van der Waals surface area contributed by atoms with Crippen molar-refractivity contribution in [3.63, 3.8) is 0 Å². The highest BCUT2D eigenvalue weighted by atomic mass is 19.4. The van der Waals surface area contributed by atoms with E-state index in [9.17, 15) is 13.2 Å². The van der Waals surface area contributed by atoms with E-state index in [0.717, 1.165) is 25.7 Å². The SMILES string of the molecule is CCOCc1nnc2c(C(F)(F)F)c(CNC3CCC(c4ccccc4)CC3)ccn12. The van der Waals surface area contributed by atoms with E-state index in [1.807, 2.05) is 13.0 Å². The molecule has 0 radical (unpaired) electrons. The van der Waals surface area contributed by atoms with Crippen LogP contribution in [-0.4, -0.2) is 27.2 Å². The molecule has 1 fully saturated rings. The average molecular weight is 432 g/mol. The van der Waals surface area contributed by atoms with Gasteiger partial charge in [-0.3, -0.25) is 4.40 Å². The van der Waals surface area contributed by atoms with Crippen molar-refractivity contribution in [2.24, 2.45) is 0 Å². The summed E-state index contributed by atoms with van der Waals surface area (Å²) in [5.41, 5.74) is 0.644. The van der Waals surface area contributed by atoms with Gasteiger partial charge in [-0.1, -0.05) is 30.3 Å². The number of aromatic nitrogens is 3. The number of alkyl halides is 3. The summed E-state index contributed by atoms with van der Waals surface area (Å²) in [6.45, 7) is 2.55. The minimum atomic E-state index is -4.51. The number of rotatable bonds is 7. The Balaban J connectivity index is 1.46. The highest BCUT2D eigenvalue weighted by Crippen LogP contribution is 2.36. The summed E-state index contributed by atoms with van der Waals surface area (Å²) in [6, 6.07) is 12.2. The zero-order valence-electron chi connectivity index (χ0n) is 17.5. The van der Waals surface area contributed by atoms with Crippen molar-refractivity contribution in [1.29, 1.82) is 0 Å². The first-order chi connectivity index (χ1) is 15.0. The second-order valence-corrected chi connectivity index (χ2v) is 8.00. The summed E-state index contributed by atoms with van der Waals surface area (Å²) < 4.78 is 48.4. The van der Waals surface area contributed by atoms with Gasteiger partial charge in [0.2, 0.25) is 0 Å². The van der Waals surface area contributed by atoms with Crippen LogP contribution in [0.4, 0.5) is 13.2 Å². The predicted octanol–water partition coefficient (Wildman–Crippen LogP) is 5.10. The number of fused-ring (bicyclic) bond motifs is 1. The van der Waals surface area contributed by atoms with Crippen molar-refractivity contribution < 1.29 is 17.9 Å². The first kappa shape index (κ1) is 21.8. The number of pyridine rings is 1. The summed E-state index contributed by atoms with van der Waals surface area (Å²) in [6.07, 6.45) is 1.07. The number of nitrogens with zero attached hydrogens (tertiary/aromatic N) is 3. The first-order valence-corrected chi connectivity index (χ1v) is 10.8. The largest absolute Gasteiger partial charge is 0.420 e. The van der Waals surface area contributed by atoms with E-state index in [2.05, 4.69) is 39.8 Å². The van der Waals surface area contributed by atoms with Crippen LogP contribution in [0.25, 0.3) is 5.65 Å². The molecule has 0 atom stereocenters. The van der Waals surface area contributed by atoms with Crippen molar-refractivity contribution in [2.75, 3.05) is 6.61 Å². The lowest BCUT2D eigenvalue weighted by Gasteiger charge is -2.30. The molecule has 3 aromatic rings. The zero-order valence-corrected chi connectivity index (χ0v) is 17.5. The standard InChI is InChI=1S/C23H27F3N4O/c1-2-31-15-20-28-29-22-21(23(24,25)26)18(12-13-30(20)22)14-27-19-10-8-17(9-11-19)16-6-4-3-5-7-16/h3-7,12-13,17,19,27H,2,8-11,14-15H2,1H3. The second-order valence-electron chi connectivity index (χ2n) is 8.00. The lowest BCUT2D eigenvalue weighted by molar-refractivity contribution is -0.137. The van der Waals surface area contributed by atoms with Crippen molar-refractivity contribution in [1.82, 2.24) is 19.9 Å². The van der Waals surface area contributed by atoms with Crippen molar-refractivity contribution >= 4 is 5.65 Å². The molecule has 2 heterocycles. The van der Waals surface area contributed by atoms with E-state index in [1.54, 1.807) is 6.20 Å². The number of benzene rings is 1. The number of halogens is 3. The van der Waals surface area contributed by atoms with Crippen LogP contribution in [0.2, 0.25) is 0 Å². The molecule has 31 heavy (non-hydrogen) atoms. The molecule has 0 aliphatic heterocycles. The molecule has 1 aromatic carbocycles. The number of ether oxygens (including phenoxy) is 1. The zero-order chi connectivity index (χ0) is 21.8. The summed E-state index contributed by atoms with van der Waals surface area (Å²) in [7, 11) is 0. The molecule has 4 rings (SSSR count). The predicted molar refractivity (Wildman–Crippen MR) is 112 cm³/mol. The lowest BCUT2D eigenvalue weighted by Crippen LogP contribution is -2.33. The monoisotopic (exact) mass is 432 g/mol. The number of hydrogen-bond donors (Lipinski definition) is 1. The molecule has 0 saturated heterocycles. The maximum atomic E-state index is 13.9. The molecule has 1 aliphatic carbocycles. The van der Waals surface area contributed by atoms with Crippen LogP contribution < -0.4 is 5.32 Å². The number of hydrogen-bond acceptors (Lipinski definition) is 4. The van der Waals surface area contributed by atoms with Gasteiger partial charge in [0.05, 0.1) is 0 Å². The van der Waals surface area contributed by atoms with Crippen LogP contribution in [0.5, 0.6) is 0 Å². The molecule has 0 spiro atoms. The summed E-state index contributed by atoms with van der Waals surface area (Å²) in [5, 5.41) is 11.1. The van der Waals surface area contributed by atoms with Gasteiger partial charge in [0.1, 0.15) is 12.2 Å². The Hall–Kier alpha value is -2.45. The van der Waals surface area contributed by atoms with Crippen LogP contribution in [0, 0.1) is 0 Å². The van der Waals surface area contributed by atoms with Gasteiger partial charge < -0.3 is 10.1 Å². The van der Waals surface area contributed by atoms with E-state index in [0.29, 0.717) is 18.3 Å². The molecule has 0 unspecified atom stereocenters. The van der Waals surface area contributed by atoms with E-state index in [1.165, 1.54) is 16.0 Å². The van der Waals surface area contributed by atoms with Crippen molar-refractivity contribution in [3.05, 3.63) is 65.1 Å². The van der Waals surface area contributed by atoms with E-state index < -0.39 is 11.7 Å². The number of nitrogens with one attached hydrogen (secondary N) is 1. The molecule has 0 bridgehead atoms. The lowest BCUT2D eigenvalue weighted by atomic mass is 9.82. The highest BCUT2D eigenvalue weighted by Gasteiger charge is 2.37. The molecule has 0 amide bonds. The Morgan fingerprint density at radius 2 is 1.81 bits per heavy atom. The second kappa shape index (κ2) is 9.36. The summed E-state index contributed by atoms with van der Waals surface area (Å²) in [5.74, 6) is 0.891. The van der Waals surface area contributed by atoms with Crippen LogP contribution in [0.1, 0.15) is 61.0 Å². The molecular formula is C23H27F3N4O. The van der Waals surface area contributed by atoms with Gasteiger partial charge in [0, 0.05) is 25.4 Å². The topological polar surface area (TPSA) is 51.5 Å². The minimum Gasteiger partial charge on any atom is -0.374 e. The van der Waals surface area contributed by atoms with Gasteiger partial charge in [-0.25, -0.2) is 0 Å². The van der Waals surface area contributed by atoms with Gasteiger partial charge in [-0.2, -0.15) is 13.2 Å². The smallest absolute Gasteiger partial charge is 0.374 e. The molecule has 8 heteroatoms. The molecule has 2 aromatic heterocycles. The van der Waals surface area contributed by atoms with Gasteiger partial charge >= 0.3 is 6.18 Å². The van der Waals surface area contributed by atoms with E-state index in [-0.39, 0.29) is 30.4 Å². The Labute approximate surface area is 179 Å². The van der Waals surface area contributed by atoms with Crippen molar-refractivity contribution in [2.45, 2.75) is 63.9 Å². The molecule has 166 valence electrons. The normalized spacial score (nSPS) is 19.7. The fourth-order valence-electron chi connectivity index (χ4n) is 4.40. The van der Waals surface area contributed by atoms with E-state index >= 15 is 0 Å². The highest BCUT2D eigenvalue weighted by molar-refractivity contribution is 5.53. The first-order valence-electron chi connectivity index (χ1n) is 10.8.